The maximum atomic E-state index is 12.8. The van der Waals surface area contributed by atoms with Crippen LogP contribution in [-0.2, 0) is 6.18 Å². The highest BCUT2D eigenvalue weighted by molar-refractivity contribution is 6.35. The fourth-order valence-electron chi connectivity index (χ4n) is 1.61. The van der Waals surface area contributed by atoms with Crippen LogP contribution in [0, 0.1) is 6.92 Å². The number of aryl methyl sites for hydroxylation is 1. The van der Waals surface area contributed by atoms with E-state index in [0.29, 0.717) is 0 Å². The fourth-order valence-corrected chi connectivity index (χ4v) is 1.76. The number of aromatic nitrogens is 2. The standard InChI is InChI=1S/C12H10ClF3N4/c1-6-2-3-7(4-8(6)12(14,15)16)20-11-9(13)10(17)18-5-19-11/h2-5H,1H3,(H3,17,18,19,20). The number of halogens is 4. The largest absolute Gasteiger partial charge is 0.416 e. The lowest BCUT2D eigenvalue weighted by Crippen LogP contribution is -2.08. The Morgan fingerprint density at radius 1 is 1.25 bits per heavy atom. The van der Waals surface area contributed by atoms with Crippen molar-refractivity contribution in [2.75, 3.05) is 11.1 Å². The molecule has 0 radical (unpaired) electrons. The number of benzene rings is 1. The van der Waals surface area contributed by atoms with Crippen LogP contribution in [0.15, 0.2) is 24.5 Å². The number of nitrogens with one attached hydrogen (secondary N) is 1. The maximum absolute atomic E-state index is 12.8. The van der Waals surface area contributed by atoms with Gasteiger partial charge in [-0.3, -0.25) is 0 Å². The summed E-state index contributed by atoms with van der Waals surface area (Å²) in [5, 5.41) is 2.75. The molecule has 2 rings (SSSR count). The molecule has 0 aliphatic rings. The van der Waals surface area contributed by atoms with E-state index in [4.69, 9.17) is 17.3 Å². The molecule has 106 valence electrons. The van der Waals surface area contributed by atoms with Crippen LogP contribution in [0.25, 0.3) is 0 Å². The van der Waals surface area contributed by atoms with E-state index in [0.717, 1.165) is 6.07 Å². The van der Waals surface area contributed by atoms with Crippen molar-refractivity contribution >= 4 is 28.9 Å². The van der Waals surface area contributed by atoms with Gasteiger partial charge < -0.3 is 11.1 Å². The van der Waals surface area contributed by atoms with Gasteiger partial charge in [0.05, 0.1) is 5.56 Å². The first-order valence-corrected chi connectivity index (χ1v) is 5.87. The third-order valence-corrected chi connectivity index (χ3v) is 2.99. The average molecular weight is 303 g/mol. The first-order valence-electron chi connectivity index (χ1n) is 5.50. The second-order valence-corrected chi connectivity index (χ2v) is 4.45. The average Bonchev–Trinajstić information content (AvgIpc) is 2.36. The van der Waals surface area contributed by atoms with Crippen molar-refractivity contribution in [1.29, 1.82) is 0 Å². The molecular weight excluding hydrogens is 293 g/mol. The van der Waals surface area contributed by atoms with Crippen LogP contribution in [-0.4, -0.2) is 9.97 Å². The molecule has 0 atom stereocenters. The summed E-state index contributed by atoms with van der Waals surface area (Å²) in [6, 6.07) is 3.85. The van der Waals surface area contributed by atoms with Crippen LogP contribution in [0.4, 0.5) is 30.5 Å². The van der Waals surface area contributed by atoms with Gasteiger partial charge in [-0.1, -0.05) is 17.7 Å². The number of nitrogen functional groups attached to an aromatic ring is 1. The minimum atomic E-state index is -4.42. The molecule has 4 nitrogen and oxygen atoms in total. The van der Waals surface area contributed by atoms with Crippen molar-refractivity contribution in [2.45, 2.75) is 13.1 Å². The number of hydrogen-bond acceptors (Lipinski definition) is 4. The molecule has 0 unspecified atom stereocenters. The minimum Gasteiger partial charge on any atom is -0.382 e. The third-order valence-electron chi connectivity index (χ3n) is 2.62. The Kier molecular flexibility index (Phi) is 3.71. The van der Waals surface area contributed by atoms with Crippen LogP contribution in [0.3, 0.4) is 0 Å². The smallest absolute Gasteiger partial charge is 0.382 e. The second-order valence-electron chi connectivity index (χ2n) is 4.07. The number of anilines is 3. The molecule has 2 aromatic rings. The summed E-state index contributed by atoms with van der Waals surface area (Å²) in [4.78, 5) is 7.50. The van der Waals surface area contributed by atoms with Gasteiger partial charge in [-0.25, -0.2) is 9.97 Å². The molecule has 8 heteroatoms. The Bertz CT molecular complexity index is 643. The third kappa shape index (κ3) is 2.93. The van der Waals surface area contributed by atoms with Crippen molar-refractivity contribution in [3.05, 3.63) is 40.7 Å². The van der Waals surface area contributed by atoms with Crippen molar-refractivity contribution in [3.8, 4) is 0 Å². The van der Waals surface area contributed by atoms with Crippen LogP contribution < -0.4 is 11.1 Å². The highest BCUT2D eigenvalue weighted by atomic mass is 35.5. The zero-order valence-corrected chi connectivity index (χ0v) is 11.0. The summed E-state index contributed by atoms with van der Waals surface area (Å²) >= 11 is 5.87. The quantitative estimate of drug-likeness (QED) is 0.886. The van der Waals surface area contributed by atoms with E-state index in [1.807, 2.05) is 0 Å². The molecule has 0 aliphatic carbocycles. The number of rotatable bonds is 2. The van der Waals surface area contributed by atoms with Gasteiger partial charge in [-0.2, -0.15) is 13.2 Å². The molecule has 1 aromatic carbocycles. The van der Waals surface area contributed by atoms with Crippen LogP contribution in [0.1, 0.15) is 11.1 Å². The van der Waals surface area contributed by atoms with E-state index >= 15 is 0 Å². The zero-order chi connectivity index (χ0) is 14.9. The van der Waals surface area contributed by atoms with Gasteiger partial charge >= 0.3 is 6.18 Å². The lowest BCUT2D eigenvalue weighted by atomic mass is 10.1. The summed E-state index contributed by atoms with van der Waals surface area (Å²) in [6.45, 7) is 1.39. The topological polar surface area (TPSA) is 63.8 Å². The number of nitrogens with zero attached hydrogens (tertiary/aromatic N) is 2. The minimum absolute atomic E-state index is 0.0484. The molecule has 0 spiro atoms. The number of alkyl halides is 3. The molecule has 0 amide bonds. The summed E-state index contributed by atoms with van der Waals surface area (Å²) in [5.41, 5.74) is 5.12. The normalized spacial score (nSPS) is 11.4. The predicted octanol–water partition coefficient (Wildman–Crippen LogP) is 3.78. The zero-order valence-electron chi connectivity index (χ0n) is 10.3. The molecule has 20 heavy (non-hydrogen) atoms. The second kappa shape index (κ2) is 5.16. The summed E-state index contributed by atoms with van der Waals surface area (Å²) in [6.07, 6.45) is -3.25. The Morgan fingerprint density at radius 2 is 1.95 bits per heavy atom. The lowest BCUT2D eigenvalue weighted by Gasteiger charge is -2.13. The predicted molar refractivity (Wildman–Crippen MR) is 70.9 cm³/mol. The monoisotopic (exact) mass is 302 g/mol. The Balaban J connectivity index is 2.38. The van der Waals surface area contributed by atoms with Gasteiger partial charge in [-0.15, -0.1) is 0 Å². The Morgan fingerprint density at radius 3 is 2.60 bits per heavy atom. The van der Waals surface area contributed by atoms with Gasteiger partial charge in [0.2, 0.25) is 0 Å². The highest BCUT2D eigenvalue weighted by Gasteiger charge is 2.32. The van der Waals surface area contributed by atoms with Gasteiger partial charge in [-0.05, 0) is 24.6 Å². The number of hydrogen-bond donors (Lipinski definition) is 2. The highest BCUT2D eigenvalue weighted by Crippen LogP contribution is 2.34. The lowest BCUT2D eigenvalue weighted by molar-refractivity contribution is -0.138. The summed E-state index contributed by atoms with van der Waals surface area (Å²) in [5.74, 6) is 0.198. The molecule has 0 saturated heterocycles. The Hall–Kier alpha value is -2.02. The molecule has 0 bridgehead atoms. The maximum Gasteiger partial charge on any atom is 0.416 e. The van der Waals surface area contributed by atoms with Gasteiger partial charge in [0.25, 0.3) is 0 Å². The van der Waals surface area contributed by atoms with E-state index in [9.17, 15) is 13.2 Å². The molecule has 0 saturated carbocycles. The number of nitrogens with two attached hydrogens (primary N) is 1. The van der Waals surface area contributed by atoms with E-state index in [2.05, 4.69) is 15.3 Å². The molecule has 3 N–H and O–H groups in total. The van der Waals surface area contributed by atoms with E-state index in [1.165, 1.54) is 25.4 Å². The van der Waals surface area contributed by atoms with E-state index in [1.54, 1.807) is 0 Å². The van der Waals surface area contributed by atoms with Gasteiger partial charge in [0.15, 0.2) is 5.82 Å². The van der Waals surface area contributed by atoms with E-state index < -0.39 is 11.7 Å². The molecular formula is C12H10ClF3N4. The van der Waals surface area contributed by atoms with Crippen LogP contribution in [0.5, 0.6) is 0 Å². The summed E-state index contributed by atoms with van der Waals surface area (Å²) < 4.78 is 38.4. The summed E-state index contributed by atoms with van der Waals surface area (Å²) in [7, 11) is 0. The van der Waals surface area contributed by atoms with Gasteiger partial charge in [0.1, 0.15) is 17.2 Å². The molecule has 0 fully saturated rings. The Labute approximate surface area is 117 Å². The van der Waals surface area contributed by atoms with Crippen LogP contribution in [0.2, 0.25) is 5.02 Å². The van der Waals surface area contributed by atoms with Crippen molar-refractivity contribution in [1.82, 2.24) is 9.97 Å². The fraction of sp³-hybridized carbons (Fsp3) is 0.167. The molecule has 1 aromatic heterocycles. The molecule has 0 aliphatic heterocycles. The SMILES string of the molecule is Cc1ccc(Nc2ncnc(N)c2Cl)cc1C(F)(F)F. The van der Waals surface area contributed by atoms with Crippen molar-refractivity contribution < 1.29 is 13.2 Å². The first kappa shape index (κ1) is 14.4. The van der Waals surface area contributed by atoms with Gasteiger partial charge in [0, 0.05) is 5.69 Å². The van der Waals surface area contributed by atoms with E-state index in [-0.39, 0.29) is 27.9 Å². The van der Waals surface area contributed by atoms with Crippen molar-refractivity contribution in [2.24, 2.45) is 0 Å². The molecule has 1 heterocycles. The van der Waals surface area contributed by atoms with Crippen molar-refractivity contribution in [3.63, 3.8) is 0 Å². The first-order chi connectivity index (χ1) is 9.29. The van der Waals surface area contributed by atoms with Crippen LogP contribution >= 0.6 is 11.6 Å².